The minimum Gasteiger partial charge on any atom is -0.459 e. The van der Waals surface area contributed by atoms with Crippen LogP contribution in [0.25, 0.3) is 0 Å². The molecule has 0 aliphatic carbocycles. The number of amides is 2. The number of likely N-dealkylation sites (tertiary alicyclic amines) is 1. The Kier molecular flexibility index (Phi) is 4.50. The van der Waals surface area contributed by atoms with Crippen LogP contribution in [0.2, 0.25) is 0 Å². The van der Waals surface area contributed by atoms with Gasteiger partial charge in [0.05, 0.1) is 11.8 Å². The number of carbonyl (C=O) groups excluding carboxylic acids is 2. The van der Waals surface area contributed by atoms with Crippen LogP contribution < -0.4 is 10.9 Å². The number of rotatable bonds is 3. The SMILES string of the molecule is Cn1cc(C(=O)NC2CCCN(C(=O)c3ccco3)C2)ccc1=O. The van der Waals surface area contributed by atoms with E-state index in [1.807, 2.05) is 0 Å². The number of aryl methyl sites for hydroxylation is 1. The van der Waals surface area contributed by atoms with E-state index in [0.29, 0.717) is 24.4 Å². The van der Waals surface area contributed by atoms with E-state index in [2.05, 4.69) is 5.32 Å². The number of nitrogens with one attached hydrogen (secondary N) is 1. The monoisotopic (exact) mass is 329 g/mol. The molecule has 0 spiro atoms. The van der Waals surface area contributed by atoms with Crippen LogP contribution in [0.1, 0.15) is 33.8 Å². The van der Waals surface area contributed by atoms with E-state index >= 15 is 0 Å². The molecule has 0 radical (unpaired) electrons. The zero-order valence-corrected chi connectivity index (χ0v) is 13.4. The molecule has 1 saturated heterocycles. The Bertz CT molecular complexity index is 794. The second-order valence-electron chi connectivity index (χ2n) is 5.91. The number of furan rings is 1. The molecule has 1 atom stereocenters. The largest absolute Gasteiger partial charge is 0.459 e. The Labute approximate surface area is 138 Å². The van der Waals surface area contributed by atoms with E-state index in [1.54, 1.807) is 24.1 Å². The third-order valence-electron chi connectivity index (χ3n) is 4.12. The van der Waals surface area contributed by atoms with Crippen molar-refractivity contribution < 1.29 is 14.0 Å². The Balaban J connectivity index is 1.64. The molecular weight excluding hydrogens is 310 g/mol. The number of nitrogens with zero attached hydrogens (tertiary/aromatic N) is 2. The smallest absolute Gasteiger partial charge is 0.289 e. The van der Waals surface area contributed by atoms with Gasteiger partial charge in [0.2, 0.25) is 5.56 Å². The van der Waals surface area contributed by atoms with E-state index in [9.17, 15) is 14.4 Å². The fraction of sp³-hybridized carbons (Fsp3) is 0.353. The number of carbonyl (C=O) groups is 2. The zero-order valence-electron chi connectivity index (χ0n) is 13.4. The lowest BCUT2D eigenvalue weighted by molar-refractivity contribution is 0.0647. The summed E-state index contributed by atoms with van der Waals surface area (Å²) in [5.74, 6) is -0.107. The quantitative estimate of drug-likeness (QED) is 0.911. The molecule has 3 heterocycles. The van der Waals surface area contributed by atoms with Crippen LogP contribution in [-0.2, 0) is 7.05 Å². The van der Waals surface area contributed by atoms with Crippen molar-refractivity contribution in [3.05, 3.63) is 58.4 Å². The molecule has 3 rings (SSSR count). The lowest BCUT2D eigenvalue weighted by atomic mass is 10.0. The molecule has 1 unspecified atom stereocenters. The maximum absolute atomic E-state index is 12.3. The number of hydrogen-bond acceptors (Lipinski definition) is 4. The Hall–Kier alpha value is -2.83. The molecular formula is C17H19N3O4. The van der Waals surface area contributed by atoms with Crippen molar-refractivity contribution in [2.24, 2.45) is 7.05 Å². The summed E-state index contributed by atoms with van der Waals surface area (Å²) >= 11 is 0. The standard InChI is InChI=1S/C17H19N3O4/c1-19-10-12(6-7-15(19)21)16(22)18-13-4-2-8-20(11-13)17(23)14-5-3-9-24-14/h3,5-7,9-10,13H,2,4,8,11H2,1H3,(H,18,22). The van der Waals surface area contributed by atoms with Gasteiger partial charge in [-0.25, -0.2) is 0 Å². The van der Waals surface area contributed by atoms with E-state index in [0.717, 1.165) is 12.8 Å². The molecule has 2 aromatic heterocycles. The van der Waals surface area contributed by atoms with Crippen LogP contribution in [0.15, 0.2) is 45.9 Å². The highest BCUT2D eigenvalue weighted by molar-refractivity contribution is 5.94. The lowest BCUT2D eigenvalue weighted by Crippen LogP contribution is -2.49. The highest BCUT2D eigenvalue weighted by Crippen LogP contribution is 2.14. The van der Waals surface area contributed by atoms with Crippen molar-refractivity contribution in [1.29, 1.82) is 0 Å². The fourth-order valence-corrected chi connectivity index (χ4v) is 2.83. The van der Waals surface area contributed by atoms with Gasteiger partial charge in [-0.2, -0.15) is 0 Å². The van der Waals surface area contributed by atoms with Crippen molar-refractivity contribution in [2.75, 3.05) is 13.1 Å². The Morgan fingerprint density at radius 2 is 2.12 bits per heavy atom. The first-order valence-electron chi connectivity index (χ1n) is 7.85. The first-order valence-corrected chi connectivity index (χ1v) is 7.85. The molecule has 7 heteroatoms. The molecule has 2 aromatic rings. The zero-order chi connectivity index (χ0) is 17.1. The maximum Gasteiger partial charge on any atom is 0.289 e. The van der Waals surface area contributed by atoms with Gasteiger partial charge in [0.15, 0.2) is 5.76 Å². The van der Waals surface area contributed by atoms with Crippen LogP contribution >= 0.6 is 0 Å². The first kappa shape index (κ1) is 16.0. The molecule has 1 aliphatic rings. The van der Waals surface area contributed by atoms with Gasteiger partial charge in [0.1, 0.15) is 0 Å². The summed E-state index contributed by atoms with van der Waals surface area (Å²) in [6, 6.07) is 6.06. The van der Waals surface area contributed by atoms with Crippen LogP contribution in [-0.4, -0.2) is 40.4 Å². The number of hydrogen-bond donors (Lipinski definition) is 1. The summed E-state index contributed by atoms with van der Waals surface area (Å²) in [5, 5.41) is 2.93. The van der Waals surface area contributed by atoms with E-state index in [1.165, 1.54) is 29.2 Å². The van der Waals surface area contributed by atoms with Crippen molar-refractivity contribution in [3.8, 4) is 0 Å². The summed E-state index contributed by atoms with van der Waals surface area (Å²) in [6.45, 7) is 1.09. The first-order chi connectivity index (χ1) is 11.5. The van der Waals surface area contributed by atoms with Crippen molar-refractivity contribution in [1.82, 2.24) is 14.8 Å². The molecule has 7 nitrogen and oxygen atoms in total. The maximum atomic E-state index is 12.3. The molecule has 1 aliphatic heterocycles. The average Bonchev–Trinajstić information content (AvgIpc) is 3.11. The van der Waals surface area contributed by atoms with Gasteiger partial charge in [-0.05, 0) is 31.0 Å². The number of piperidine rings is 1. The molecule has 126 valence electrons. The Morgan fingerprint density at radius 3 is 2.83 bits per heavy atom. The highest BCUT2D eigenvalue weighted by atomic mass is 16.3. The minimum absolute atomic E-state index is 0.123. The molecule has 24 heavy (non-hydrogen) atoms. The predicted molar refractivity (Wildman–Crippen MR) is 86.8 cm³/mol. The van der Waals surface area contributed by atoms with Gasteiger partial charge in [-0.3, -0.25) is 14.4 Å². The average molecular weight is 329 g/mol. The summed E-state index contributed by atoms with van der Waals surface area (Å²) in [7, 11) is 1.60. The van der Waals surface area contributed by atoms with Crippen molar-refractivity contribution >= 4 is 11.8 Å². The third-order valence-corrected chi connectivity index (χ3v) is 4.12. The summed E-state index contributed by atoms with van der Waals surface area (Å²) in [5.41, 5.74) is 0.256. The van der Waals surface area contributed by atoms with E-state index < -0.39 is 0 Å². The van der Waals surface area contributed by atoms with E-state index in [4.69, 9.17) is 4.42 Å². The third kappa shape index (κ3) is 3.40. The fourth-order valence-electron chi connectivity index (χ4n) is 2.83. The van der Waals surface area contributed by atoms with Gasteiger partial charge in [0, 0.05) is 38.4 Å². The highest BCUT2D eigenvalue weighted by Gasteiger charge is 2.27. The van der Waals surface area contributed by atoms with E-state index in [-0.39, 0.29) is 23.4 Å². The van der Waals surface area contributed by atoms with Crippen molar-refractivity contribution in [3.63, 3.8) is 0 Å². The van der Waals surface area contributed by atoms with Gasteiger partial charge in [0.25, 0.3) is 11.8 Å². The summed E-state index contributed by atoms with van der Waals surface area (Å²) in [4.78, 5) is 37.7. The molecule has 0 bridgehead atoms. The van der Waals surface area contributed by atoms with Crippen LogP contribution in [0.5, 0.6) is 0 Å². The second-order valence-corrected chi connectivity index (χ2v) is 5.91. The molecule has 2 amide bonds. The summed E-state index contributed by atoms with van der Waals surface area (Å²) in [6.07, 6.45) is 4.59. The van der Waals surface area contributed by atoms with Crippen LogP contribution in [0, 0.1) is 0 Å². The van der Waals surface area contributed by atoms with Crippen LogP contribution in [0.4, 0.5) is 0 Å². The minimum atomic E-state index is -0.247. The Morgan fingerprint density at radius 1 is 1.29 bits per heavy atom. The number of aromatic nitrogens is 1. The van der Waals surface area contributed by atoms with Gasteiger partial charge in [-0.15, -0.1) is 0 Å². The topological polar surface area (TPSA) is 84.6 Å². The predicted octanol–water partition coefficient (Wildman–Crippen LogP) is 1.01. The van der Waals surface area contributed by atoms with Crippen LogP contribution in [0.3, 0.4) is 0 Å². The molecule has 0 saturated carbocycles. The van der Waals surface area contributed by atoms with Gasteiger partial charge >= 0.3 is 0 Å². The number of pyridine rings is 1. The molecule has 1 fully saturated rings. The van der Waals surface area contributed by atoms with Crippen molar-refractivity contribution in [2.45, 2.75) is 18.9 Å². The van der Waals surface area contributed by atoms with Gasteiger partial charge in [-0.1, -0.05) is 0 Å². The second kappa shape index (κ2) is 6.74. The molecule has 0 aromatic carbocycles. The van der Waals surface area contributed by atoms with Gasteiger partial charge < -0.3 is 19.2 Å². The summed E-state index contributed by atoms with van der Waals surface area (Å²) < 4.78 is 6.51. The molecule has 1 N–H and O–H groups in total. The lowest BCUT2D eigenvalue weighted by Gasteiger charge is -2.32. The normalized spacial score (nSPS) is 17.5.